The Morgan fingerprint density at radius 3 is 2.00 bits per heavy atom. The molecule has 3 fully saturated rings. The summed E-state index contributed by atoms with van der Waals surface area (Å²) in [6.07, 6.45) is -13.2. The number of aliphatic carboxylic acids is 1. The Morgan fingerprint density at radius 2 is 1.42 bits per heavy atom. The lowest BCUT2D eigenvalue weighted by molar-refractivity contribution is -0.342. The van der Waals surface area contributed by atoms with E-state index in [2.05, 4.69) is 0 Å². The zero-order valence-corrected chi connectivity index (χ0v) is 25.6. The van der Waals surface area contributed by atoms with Crippen LogP contribution in [0.2, 0.25) is 0 Å². The largest absolute Gasteiger partial charge is 0.478 e. The van der Waals surface area contributed by atoms with Gasteiger partial charge >= 0.3 is 11.9 Å². The number of esters is 1. The third kappa shape index (κ3) is 7.36. The number of rotatable bonds is 10. The van der Waals surface area contributed by atoms with Gasteiger partial charge in [0.25, 0.3) is 0 Å². The van der Waals surface area contributed by atoms with Crippen LogP contribution < -0.4 is 4.74 Å². The first-order chi connectivity index (χ1) is 22.8. The second-order valence-corrected chi connectivity index (χ2v) is 12.2. The highest BCUT2D eigenvalue weighted by atomic mass is 16.8. The third-order valence-corrected chi connectivity index (χ3v) is 9.21. The summed E-state index contributed by atoms with van der Waals surface area (Å²) in [7, 11) is 0. The molecule has 17 nitrogen and oxygen atoms in total. The summed E-state index contributed by atoms with van der Waals surface area (Å²) in [6.45, 7) is 0.443. The molecule has 266 valence electrons. The summed E-state index contributed by atoms with van der Waals surface area (Å²) < 4.78 is 33.4. The van der Waals surface area contributed by atoms with Crippen molar-refractivity contribution >= 4 is 18.0 Å². The van der Waals surface area contributed by atoms with Crippen molar-refractivity contribution in [1.82, 2.24) is 0 Å². The van der Waals surface area contributed by atoms with Crippen molar-refractivity contribution in [2.24, 2.45) is 17.8 Å². The fourth-order valence-corrected chi connectivity index (χ4v) is 6.44. The number of benzene rings is 1. The molecule has 3 aliphatic heterocycles. The van der Waals surface area contributed by atoms with Crippen LogP contribution in [0.3, 0.4) is 0 Å². The molecule has 17 heteroatoms. The Morgan fingerprint density at radius 1 is 0.833 bits per heavy atom. The quantitative estimate of drug-likeness (QED) is 0.0890. The number of aliphatic hydroxyl groups is 8. The number of ether oxygens (including phenoxy) is 6. The number of hydrogen-bond donors (Lipinski definition) is 9. The minimum Gasteiger partial charge on any atom is -0.478 e. The predicted molar refractivity (Wildman–Crippen MR) is 156 cm³/mol. The zero-order valence-electron chi connectivity index (χ0n) is 25.6. The minimum atomic E-state index is -1.71. The van der Waals surface area contributed by atoms with Crippen LogP contribution in [0.1, 0.15) is 18.9 Å². The van der Waals surface area contributed by atoms with Crippen LogP contribution in [0, 0.1) is 17.8 Å². The Balaban J connectivity index is 1.20. The molecule has 0 bridgehead atoms. The van der Waals surface area contributed by atoms with Crippen LogP contribution in [0.15, 0.2) is 42.2 Å². The van der Waals surface area contributed by atoms with E-state index in [1.165, 1.54) is 24.3 Å². The molecule has 0 aromatic heterocycles. The molecule has 0 amide bonds. The maximum absolute atomic E-state index is 12.8. The van der Waals surface area contributed by atoms with Gasteiger partial charge in [-0.25, -0.2) is 9.59 Å². The van der Waals surface area contributed by atoms with Gasteiger partial charge in [-0.2, -0.15) is 0 Å². The normalized spacial score (nSPS) is 41.3. The predicted octanol–water partition coefficient (Wildman–Crippen LogP) is -2.80. The summed E-state index contributed by atoms with van der Waals surface area (Å²) in [5.74, 6) is -3.61. The standard InChI is InChI=1S/C31H40O17/c1-12-17(8-15-16(28(41)42)11-43-29(21(12)15)48-31-27(40)25(38)23(36)19(10-33)47-31)45-20(34)7-4-13-2-5-14(6-3-13)44-30-26(39)24(37)22(35)18(9-32)46-30/h2-7,11-12,15,17-19,21-27,29-33,35-40H,8-10H2,1H3,(H,41,42)/b7-4+/t12-,15?,17-,18+,19+,21?,22+,23+,24-,25-,26+,27+,29-,30+,31-/m0/s1. The first-order valence-electron chi connectivity index (χ1n) is 15.3. The first-order valence-corrected chi connectivity index (χ1v) is 15.3. The lowest BCUT2D eigenvalue weighted by atomic mass is 9.83. The molecule has 1 aromatic rings. The molecule has 1 saturated carbocycles. The maximum atomic E-state index is 12.8. The molecule has 0 radical (unpaired) electrons. The highest BCUT2D eigenvalue weighted by Crippen LogP contribution is 2.48. The lowest BCUT2D eigenvalue weighted by Gasteiger charge is -2.43. The third-order valence-electron chi connectivity index (χ3n) is 9.21. The molecule has 4 aliphatic rings. The molecular formula is C31H40O17. The van der Waals surface area contributed by atoms with E-state index in [9.17, 15) is 55.5 Å². The lowest BCUT2D eigenvalue weighted by Crippen LogP contribution is -2.60. The Kier molecular flexibility index (Phi) is 11.4. The summed E-state index contributed by atoms with van der Waals surface area (Å²) in [5.41, 5.74) is 0.486. The number of carboxylic acid groups (broad SMARTS) is 1. The summed E-state index contributed by atoms with van der Waals surface area (Å²) >= 11 is 0. The van der Waals surface area contributed by atoms with Gasteiger partial charge in [0.1, 0.15) is 60.7 Å². The molecule has 2 unspecified atom stereocenters. The SMILES string of the molecule is C[C@@H]1C2C(C[C@@H]1OC(=O)/C=C/c1ccc(O[C@@H]3O[C@H](CO)[C@@H](O)[C@H](O)[C@H]3O)cc1)C(C(=O)O)=CO[C@H]2O[C@@H]1O[C@H](CO)[C@@H](O)[C@H](O)[C@H]1O. The second kappa shape index (κ2) is 15.1. The number of aliphatic hydroxyl groups excluding tert-OH is 8. The Bertz CT molecular complexity index is 1330. The van der Waals surface area contributed by atoms with E-state index in [1.54, 1.807) is 19.1 Å². The van der Waals surface area contributed by atoms with Gasteiger partial charge in [-0.1, -0.05) is 19.1 Å². The first kappa shape index (κ1) is 36.1. The van der Waals surface area contributed by atoms with Crippen molar-refractivity contribution in [1.29, 1.82) is 0 Å². The topological polar surface area (TPSA) is 272 Å². The van der Waals surface area contributed by atoms with Crippen molar-refractivity contribution in [3.8, 4) is 5.75 Å². The zero-order chi connectivity index (χ0) is 34.9. The van der Waals surface area contributed by atoms with E-state index in [1.807, 2.05) is 0 Å². The van der Waals surface area contributed by atoms with Crippen molar-refractivity contribution < 1.29 is 84.0 Å². The molecule has 48 heavy (non-hydrogen) atoms. The molecule has 1 aromatic carbocycles. The summed E-state index contributed by atoms with van der Waals surface area (Å²) in [5, 5.41) is 89.3. The van der Waals surface area contributed by atoms with Crippen molar-refractivity contribution in [2.75, 3.05) is 13.2 Å². The number of hydrogen-bond acceptors (Lipinski definition) is 16. The number of fused-ring (bicyclic) bond motifs is 1. The summed E-state index contributed by atoms with van der Waals surface area (Å²) in [4.78, 5) is 24.8. The van der Waals surface area contributed by atoms with E-state index in [0.717, 1.165) is 6.26 Å². The average molecular weight is 685 g/mol. The highest BCUT2D eigenvalue weighted by molar-refractivity contribution is 5.88. The Labute approximate surface area is 273 Å². The van der Waals surface area contributed by atoms with Crippen LogP contribution >= 0.6 is 0 Å². The van der Waals surface area contributed by atoms with Gasteiger partial charge in [0.15, 0.2) is 6.29 Å². The van der Waals surface area contributed by atoms with E-state index < -0.39 is 117 Å². The van der Waals surface area contributed by atoms with Crippen LogP contribution in [0.25, 0.3) is 6.08 Å². The molecule has 5 rings (SSSR count). The minimum absolute atomic E-state index is 0.0689. The number of carbonyl (C=O) groups excluding carboxylic acids is 1. The van der Waals surface area contributed by atoms with Crippen molar-refractivity contribution in [2.45, 2.75) is 87.2 Å². The Hall–Kier alpha value is -3.20. The number of carboxylic acids is 1. The van der Waals surface area contributed by atoms with Gasteiger partial charge in [-0.15, -0.1) is 0 Å². The molecule has 3 heterocycles. The van der Waals surface area contributed by atoms with Gasteiger partial charge in [-0.3, -0.25) is 0 Å². The van der Waals surface area contributed by atoms with Crippen LogP contribution in [-0.2, 0) is 33.3 Å². The second-order valence-electron chi connectivity index (χ2n) is 12.2. The fraction of sp³-hybridized carbons (Fsp3) is 0.613. The van der Waals surface area contributed by atoms with Crippen molar-refractivity contribution in [3.05, 3.63) is 47.7 Å². The van der Waals surface area contributed by atoms with Gasteiger partial charge in [0, 0.05) is 23.8 Å². The van der Waals surface area contributed by atoms with Crippen LogP contribution in [0.5, 0.6) is 5.75 Å². The van der Waals surface area contributed by atoms with Crippen molar-refractivity contribution in [3.63, 3.8) is 0 Å². The van der Waals surface area contributed by atoms with Gasteiger partial charge < -0.3 is 74.4 Å². The molecular weight excluding hydrogens is 644 g/mol. The van der Waals surface area contributed by atoms with Gasteiger partial charge in [0.2, 0.25) is 12.6 Å². The van der Waals surface area contributed by atoms with Gasteiger partial charge in [0.05, 0.1) is 25.0 Å². The molecule has 15 atom stereocenters. The molecule has 0 spiro atoms. The maximum Gasteiger partial charge on any atom is 0.334 e. The van der Waals surface area contributed by atoms with E-state index in [0.29, 0.717) is 5.56 Å². The average Bonchev–Trinajstić information content (AvgIpc) is 3.40. The van der Waals surface area contributed by atoms with Crippen LogP contribution in [-0.4, -0.2) is 145 Å². The molecule has 1 aliphatic carbocycles. The monoisotopic (exact) mass is 684 g/mol. The summed E-state index contributed by atoms with van der Waals surface area (Å²) in [6, 6.07) is 6.17. The number of carbonyl (C=O) groups is 2. The van der Waals surface area contributed by atoms with Crippen LogP contribution in [0.4, 0.5) is 0 Å². The van der Waals surface area contributed by atoms with E-state index in [-0.39, 0.29) is 17.7 Å². The van der Waals surface area contributed by atoms with E-state index >= 15 is 0 Å². The highest BCUT2D eigenvalue weighted by Gasteiger charge is 2.54. The van der Waals surface area contributed by atoms with Gasteiger partial charge in [-0.05, 0) is 30.2 Å². The fourth-order valence-electron chi connectivity index (χ4n) is 6.44. The molecule has 2 saturated heterocycles. The molecule has 9 N–H and O–H groups in total. The van der Waals surface area contributed by atoms with E-state index in [4.69, 9.17) is 28.4 Å². The smallest absolute Gasteiger partial charge is 0.334 e.